The van der Waals surface area contributed by atoms with E-state index in [4.69, 9.17) is 0 Å². The van der Waals surface area contributed by atoms with E-state index in [0.717, 1.165) is 16.7 Å². The highest BCUT2D eigenvalue weighted by atomic mass is 16.2. The molecule has 2 heterocycles. The summed E-state index contributed by atoms with van der Waals surface area (Å²) in [6.07, 6.45) is 3.35. The summed E-state index contributed by atoms with van der Waals surface area (Å²) in [5, 5.41) is 3.03. The van der Waals surface area contributed by atoms with Crippen molar-refractivity contribution in [2.24, 2.45) is 7.05 Å². The minimum atomic E-state index is -0.557. The van der Waals surface area contributed by atoms with Gasteiger partial charge in [0.25, 0.3) is 0 Å². The fraction of sp³-hybridized carbons (Fsp3) is 0.154. The maximum absolute atomic E-state index is 13.2. The van der Waals surface area contributed by atoms with Crippen LogP contribution < -0.4 is 5.32 Å². The van der Waals surface area contributed by atoms with Crippen molar-refractivity contribution in [3.63, 3.8) is 0 Å². The molecule has 1 saturated heterocycles. The Kier molecular flexibility index (Phi) is 4.88. The lowest BCUT2D eigenvalue weighted by Crippen LogP contribution is -2.40. The molecule has 3 aromatic carbocycles. The Morgan fingerprint density at radius 3 is 1.77 bits per heavy atom. The van der Waals surface area contributed by atoms with Gasteiger partial charge in [0, 0.05) is 13.6 Å². The summed E-state index contributed by atoms with van der Waals surface area (Å²) in [5.41, 5.74) is 2.87. The number of carbonyl (C=O) groups excluding carboxylic acids is 1. The quantitative estimate of drug-likeness (QED) is 0.387. The monoisotopic (exact) mass is 408 g/mol. The summed E-state index contributed by atoms with van der Waals surface area (Å²) in [6.45, 7) is 0.669. The van der Waals surface area contributed by atoms with Crippen molar-refractivity contribution in [3.8, 4) is 0 Å². The first kappa shape index (κ1) is 19.3. The van der Waals surface area contributed by atoms with Gasteiger partial charge in [-0.1, -0.05) is 91.0 Å². The molecule has 1 N–H and O–H groups in total. The third-order valence-electron chi connectivity index (χ3n) is 5.99. The molecule has 0 bridgehead atoms. The van der Waals surface area contributed by atoms with Crippen LogP contribution in [0.1, 0.15) is 16.7 Å². The zero-order valence-electron chi connectivity index (χ0n) is 17.3. The van der Waals surface area contributed by atoms with Crippen molar-refractivity contribution in [3.05, 3.63) is 120 Å². The Morgan fingerprint density at radius 1 is 0.871 bits per heavy atom. The lowest BCUT2D eigenvalue weighted by atomic mass is 9.76. The average Bonchev–Trinajstić information content (AvgIpc) is 3.53. The first-order valence-electron chi connectivity index (χ1n) is 10.4. The van der Waals surface area contributed by atoms with E-state index in [1.807, 2.05) is 29.8 Å². The molecule has 5 nitrogen and oxygen atoms in total. The van der Waals surface area contributed by atoms with E-state index >= 15 is 0 Å². The van der Waals surface area contributed by atoms with E-state index in [1.54, 1.807) is 12.5 Å². The summed E-state index contributed by atoms with van der Waals surface area (Å²) >= 11 is 0. The van der Waals surface area contributed by atoms with Gasteiger partial charge in [-0.3, -0.25) is 9.69 Å². The topological polar surface area (TPSA) is 49.9 Å². The highest BCUT2D eigenvalue weighted by molar-refractivity contribution is 5.96. The summed E-state index contributed by atoms with van der Waals surface area (Å²) in [5.74, 6) is 0.678. The fourth-order valence-electron chi connectivity index (χ4n) is 4.46. The molecule has 1 aliphatic heterocycles. The number of carbonyl (C=O) groups is 1. The molecular formula is C26H24N4O. The number of rotatable bonds is 6. The first-order valence-corrected chi connectivity index (χ1v) is 10.4. The molecular weight excluding hydrogens is 384 g/mol. The lowest BCUT2D eigenvalue weighted by molar-refractivity contribution is -0.116. The molecule has 1 fully saturated rings. The number of nitrogens with zero attached hydrogens (tertiary/aromatic N) is 3. The Hall–Kier alpha value is -3.70. The molecule has 1 aromatic heterocycles. The van der Waals surface area contributed by atoms with Gasteiger partial charge in [0.15, 0.2) is 0 Å². The second-order valence-corrected chi connectivity index (χ2v) is 7.86. The minimum absolute atomic E-state index is 0.0178. The summed E-state index contributed by atoms with van der Waals surface area (Å²) in [4.78, 5) is 19.6. The molecule has 0 aliphatic carbocycles. The van der Waals surface area contributed by atoms with Crippen LogP contribution in [0.3, 0.4) is 0 Å². The van der Waals surface area contributed by atoms with E-state index in [2.05, 4.69) is 88.0 Å². The maximum Gasteiger partial charge on any atom is 0.244 e. The number of imidazole rings is 1. The third-order valence-corrected chi connectivity index (χ3v) is 5.99. The van der Waals surface area contributed by atoms with Crippen LogP contribution >= 0.6 is 0 Å². The van der Waals surface area contributed by atoms with Crippen molar-refractivity contribution in [1.82, 2.24) is 14.5 Å². The van der Waals surface area contributed by atoms with Gasteiger partial charge in [-0.05, 0) is 16.7 Å². The van der Waals surface area contributed by atoms with E-state index < -0.39 is 5.54 Å². The molecule has 0 spiro atoms. The van der Waals surface area contributed by atoms with Crippen LogP contribution in [0.15, 0.2) is 104 Å². The van der Waals surface area contributed by atoms with Gasteiger partial charge in [0.1, 0.15) is 11.9 Å². The van der Waals surface area contributed by atoms with Crippen molar-refractivity contribution in [1.29, 1.82) is 0 Å². The second kappa shape index (κ2) is 7.85. The summed E-state index contributed by atoms with van der Waals surface area (Å²) < 4.78 is 1.81. The van der Waals surface area contributed by atoms with Gasteiger partial charge < -0.3 is 9.88 Å². The van der Waals surface area contributed by atoms with Gasteiger partial charge in [-0.25, -0.2) is 4.98 Å². The van der Waals surface area contributed by atoms with Gasteiger partial charge in [0.2, 0.25) is 5.91 Å². The third kappa shape index (κ3) is 3.33. The molecule has 1 amide bonds. The predicted octanol–water partition coefficient (Wildman–Crippen LogP) is 4.03. The average molecular weight is 409 g/mol. The second-order valence-electron chi connectivity index (χ2n) is 7.86. The van der Waals surface area contributed by atoms with Crippen LogP contribution in [0.5, 0.6) is 0 Å². The zero-order valence-corrected chi connectivity index (χ0v) is 17.3. The largest absolute Gasteiger partial charge is 0.320 e. The predicted molar refractivity (Wildman–Crippen MR) is 122 cm³/mol. The van der Waals surface area contributed by atoms with Gasteiger partial charge in [-0.2, -0.15) is 0 Å². The van der Waals surface area contributed by atoms with Crippen LogP contribution in [0, 0.1) is 0 Å². The van der Waals surface area contributed by atoms with Crippen LogP contribution in [0.2, 0.25) is 0 Å². The number of amides is 1. The van der Waals surface area contributed by atoms with Crippen LogP contribution in [-0.2, 0) is 17.4 Å². The molecule has 154 valence electrons. The van der Waals surface area contributed by atoms with E-state index in [-0.39, 0.29) is 11.9 Å². The van der Waals surface area contributed by atoms with E-state index in [9.17, 15) is 4.79 Å². The molecule has 5 heteroatoms. The van der Waals surface area contributed by atoms with E-state index in [1.165, 1.54) is 0 Å². The smallest absolute Gasteiger partial charge is 0.244 e. The Morgan fingerprint density at radius 2 is 1.35 bits per heavy atom. The molecule has 5 rings (SSSR count). The van der Waals surface area contributed by atoms with Crippen molar-refractivity contribution < 1.29 is 4.79 Å². The number of hydrogen-bond acceptors (Lipinski definition) is 3. The Balaban J connectivity index is 1.61. The number of benzene rings is 3. The number of aryl methyl sites for hydroxylation is 1. The Labute approximate surface area is 182 Å². The number of anilines is 1. The fourth-order valence-corrected chi connectivity index (χ4v) is 4.46. The molecule has 1 unspecified atom stereocenters. The van der Waals surface area contributed by atoms with Crippen molar-refractivity contribution >= 4 is 11.7 Å². The molecule has 2 atom stereocenters. The molecule has 0 saturated carbocycles. The van der Waals surface area contributed by atoms with Gasteiger partial charge in [0.05, 0.1) is 18.1 Å². The molecule has 31 heavy (non-hydrogen) atoms. The molecule has 0 radical (unpaired) electrons. The van der Waals surface area contributed by atoms with E-state index in [0.29, 0.717) is 12.4 Å². The highest BCUT2D eigenvalue weighted by Gasteiger charge is 2.55. The van der Waals surface area contributed by atoms with Gasteiger partial charge >= 0.3 is 0 Å². The van der Waals surface area contributed by atoms with Crippen LogP contribution in [0.4, 0.5) is 5.82 Å². The molecule has 1 aliphatic rings. The Bertz CT molecular complexity index is 1080. The van der Waals surface area contributed by atoms with Crippen molar-refractivity contribution in [2.45, 2.75) is 11.6 Å². The van der Waals surface area contributed by atoms with Crippen LogP contribution in [-0.4, -0.2) is 32.9 Å². The first-order chi connectivity index (χ1) is 15.2. The standard InChI is InChI=1S/C26H24N4O/c1-29-19-27-17-24(29)28-25(31)23-18-30(23)26(20-11-5-2-6-12-20,21-13-7-3-8-14-21)22-15-9-4-10-16-22/h2-17,19,23H,18H2,1H3,(H,28,31)/t23?,30-/m1/s1. The lowest BCUT2D eigenvalue weighted by Gasteiger charge is -2.38. The number of nitrogens with one attached hydrogen (secondary N) is 1. The SMILES string of the molecule is Cn1cncc1NC(=O)C1C[N@@]1C(c1ccccc1)(c1ccccc1)c1ccccc1. The minimum Gasteiger partial charge on any atom is -0.320 e. The number of aromatic nitrogens is 2. The zero-order chi connectivity index (χ0) is 21.3. The number of hydrogen-bond donors (Lipinski definition) is 1. The normalized spacial score (nSPS) is 17.8. The van der Waals surface area contributed by atoms with Crippen LogP contribution in [0.25, 0.3) is 0 Å². The molecule has 4 aromatic rings. The van der Waals surface area contributed by atoms with Gasteiger partial charge in [-0.15, -0.1) is 0 Å². The summed E-state index contributed by atoms with van der Waals surface area (Å²) in [6, 6.07) is 31.1. The summed E-state index contributed by atoms with van der Waals surface area (Å²) in [7, 11) is 1.87. The maximum atomic E-state index is 13.2. The highest BCUT2D eigenvalue weighted by Crippen LogP contribution is 2.48. The van der Waals surface area contributed by atoms with Crippen molar-refractivity contribution in [2.75, 3.05) is 11.9 Å².